The average molecular weight is 925 g/mol. The van der Waals surface area contributed by atoms with Crippen molar-refractivity contribution in [3.05, 3.63) is 220 Å². The molecular weight excluding hydrogens is 875 g/mol. The maximum Gasteiger partial charge on any atom is -0.147 e. The van der Waals surface area contributed by atoms with Crippen LogP contribution in [-0.4, -0.2) is 6.88 Å². The molecule has 9 aromatic carbocycles. The van der Waals surface area contributed by atoms with Crippen LogP contribution in [-0.2, 0) is 30.2 Å². The molecule has 11 rings (SSSR count). The zero-order valence-electron chi connectivity index (χ0n) is 35.0. The number of benzene rings is 9. The van der Waals surface area contributed by atoms with Crippen LogP contribution in [0.4, 0.5) is 0 Å². The predicted octanol–water partition coefficient (Wildman–Crippen LogP) is 14.8. The molecule has 0 nitrogen and oxygen atoms in total. The second-order valence-corrected chi connectivity index (χ2v) is 44.0. The summed E-state index contributed by atoms with van der Waals surface area (Å²) in [5.74, 6) is 0. The van der Waals surface area contributed by atoms with E-state index in [9.17, 15) is 0 Å². The fourth-order valence-electron chi connectivity index (χ4n) is 11.5. The summed E-state index contributed by atoms with van der Waals surface area (Å²) in [6.07, 6.45) is 7.20. The quantitative estimate of drug-likeness (QED) is 0.110. The van der Waals surface area contributed by atoms with Gasteiger partial charge in [-0.2, -0.15) is 0 Å². The fraction of sp³-hybridized carbons (Fsp3) is 0.123. The largest absolute Gasteiger partial charge is 0.147 e. The molecule has 0 aliphatic heterocycles. The van der Waals surface area contributed by atoms with Crippen LogP contribution in [0.1, 0.15) is 65.6 Å². The summed E-state index contributed by atoms with van der Waals surface area (Å²) < 4.78 is 4.85. The first-order chi connectivity index (χ1) is 28.8. The van der Waals surface area contributed by atoms with Gasteiger partial charge in [0.2, 0.25) is 0 Å². The third-order valence-electron chi connectivity index (χ3n) is 14.3. The van der Waals surface area contributed by atoms with Crippen molar-refractivity contribution in [2.24, 2.45) is 0 Å². The molecule has 300 valence electrons. The van der Waals surface area contributed by atoms with E-state index < -0.39 is 17.4 Å². The van der Waals surface area contributed by atoms with Crippen LogP contribution in [0.25, 0.3) is 66.4 Å². The van der Waals surface area contributed by atoms with E-state index >= 15 is 0 Å². The molecule has 0 saturated heterocycles. The first-order valence-electron chi connectivity index (χ1n) is 21.5. The van der Waals surface area contributed by atoms with Gasteiger partial charge in [-0.05, 0) is 0 Å². The van der Waals surface area contributed by atoms with Gasteiger partial charge in [-0.1, -0.05) is 0 Å². The minimum atomic E-state index is -4.69. The summed E-state index contributed by atoms with van der Waals surface area (Å²) in [6, 6.07) is 68.1. The van der Waals surface area contributed by atoms with Gasteiger partial charge >= 0.3 is 353 Å². The smallest absolute Gasteiger partial charge is 0.147 e. The Morgan fingerprint density at radius 1 is 0.443 bits per heavy atom. The van der Waals surface area contributed by atoms with Crippen LogP contribution in [0, 0.1) is 0 Å². The molecule has 0 radical (unpaired) electrons. The summed E-state index contributed by atoms with van der Waals surface area (Å²) in [6.45, 7) is 7.09. The van der Waals surface area contributed by atoms with Crippen molar-refractivity contribution in [3.63, 3.8) is 0 Å². The molecule has 0 saturated carbocycles. The van der Waals surface area contributed by atoms with Crippen LogP contribution < -0.4 is 3.27 Å². The molecule has 61 heavy (non-hydrogen) atoms. The molecule has 2 aliphatic rings. The maximum absolute atomic E-state index is 4.69. The molecule has 0 bridgehead atoms. The van der Waals surface area contributed by atoms with Crippen LogP contribution in [0.2, 0.25) is 4.63 Å². The monoisotopic (exact) mass is 922 g/mol. The third-order valence-corrected chi connectivity index (χ3v) is 37.4. The van der Waals surface area contributed by atoms with Crippen LogP contribution in [0.5, 0.6) is 0 Å². The Kier molecular flexibility index (Phi) is 10.8. The van der Waals surface area contributed by atoms with Gasteiger partial charge in [-0.3, -0.25) is 0 Å². The van der Waals surface area contributed by atoms with Crippen LogP contribution in [0.3, 0.4) is 0 Å². The Labute approximate surface area is 374 Å². The molecular formula is C57H50Cl2SiZr. The van der Waals surface area contributed by atoms with E-state index in [1.807, 2.05) is 0 Å². The van der Waals surface area contributed by atoms with Crippen molar-refractivity contribution in [2.75, 3.05) is 0 Å². The van der Waals surface area contributed by atoms with Crippen molar-refractivity contribution < 1.29 is 17.4 Å². The summed E-state index contributed by atoms with van der Waals surface area (Å²) in [4.78, 5) is 0. The number of allylic oxidation sites excluding steroid dienone is 2. The maximum atomic E-state index is 2.84. The molecule has 9 aromatic rings. The Hall–Kier alpha value is -4.82. The summed E-state index contributed by atoms with van der Waals surface area (Å²) in [5.41, 5.74) is 14.3. The van der Waals surface area contributed by atoms with Gasteiger partial charge in [0.05, 0.1) is 0 Å². The van der Waals surface area contributed by atoms with E-state index in [1.54, 1.807) is 3.27 Å². The third kappa shape index (κ3) is 6.32. The van der Waals surface area contributed by atoms with Crippen molar-refractivity contribution in [2.45, 2.75) is 38.6 Å². The molecule has 2 atom stereocenters. The van der Waals surface area contributed by atoms with E-state index in [0.717, 1.165) is 12.8 Å². The Balaban J connectivity index is 0.00000238. The Morgan fingerprint density at radius 3 is 1.30 bits per heavy atom. The minimum Gasteiger partial charge on any atom is -0.147 e. The molecule has 0 aromatic heterocycles. The van der Waals surface area contributed by atoms with Crippen molar-refractivity contribution in [1.29, 1.82) is 0 Å². The standard InChI is InChI=1S/2C25H19.C6H5.CH3.2ClH.H2Si.Zr/c2*1-2-17-13-21-12-11-18-7-5-6-10-23(18)25(21)24(14-17)22-15-19-8-3-4-9-20(19)16-22;1-2-4-6-5-3-1;;;;;/h2*3-16H,2H2,1H3;1-5H;1H3;2*1H;1H2;. The van der Waals surface area contributed by atoms with Crippen molar-refractivity contribution >= 4 is 101 Å². The number of rotatable bonds is 7. The molecule has 2 unspecified atom stereocenters. The first-order valence-corrected chi connectivity index (χ1v) is 33.9. The number of halogens is 2. The molecule has 0 spiro atoms. The number of hydrogen-bond donors (Lipinski definition) is 0. The first kappa shape index (κ1) is 41.5. The van der Waals surface area contributed by atoms with Gasteiger partial charge in [0, 0.05) is 0 Å². The minimum absolute atomic E-state index is 0. The second kappa shape index (κ2) is 15.8. The number of fused-ring (bicyclic) bond motifs is 8. The van der Waals surface area contributed by atoms with Gasteiger partial charge in [0.25, 0.3) is 0 Å². The summed E-state index contributed by atoms with van der Waals surface area (Å²) in [7, 11) is 0. The number of aryl methyl sites for hydroxylation is 2. The van der Waals surface area contributed by atoms with Gasteiger partial charge in [-0.15, -0.1) is 24.8 Å². The van der Waals surface area contributed by atoms with Gasteiger partial charge in [0.15, 0.2) is 0 Å². The van der Waals surface area contributed by atoms with Gasteiger partial charge in [-0.25, -0.2) is 0 Å². The Morgan fingerprint density at radius 2 is 0.836 bits per heavy atom. The zero-order valence-corrected chi connectivity index (χ0v) is 40.5. The predicted molar refractivity (Wildman–Crippen MR) is 271 cm³/mol. The van der Waals surface area contributed by atoms with Gasteiger partial charge in [0.1, 0.15) is 0 Å². The van der Waals surface area contributed by atoms with Crippen LogP contribution >= 0.6 is 24.8 Å². The normalized spacial score (nSPS) is 15.9. The summed E-state index contributed by atoms with van der Waals surface area (Å²) in [5, 5.41) is 10.7. The van der Waals surface area contributed by atoms with Crippen molar-refractivity contribution in [3.8, 4) is 0 Å². The Bertz CT molecular complexity index is 3140. The zero-order chi connectivity index (χ0) is 39.9. The molecule has 0 amide bonds. The molecule has 0 fully saturated rings. The van der Waals surface area contributed by atoms with E-state index in [4.69, 9.17) is 0 Å². The van der Waals surface area contributed by atoms with Crippen LogP contribution in [0.15, 0.2) is 176 Å². The average Bonchev–Trinajstić information content (AvgIpc) is 3.89. The van der Waals surface area contributed by atoms with E-state index in [0.29, 0.717) is 0 Å². The molecule has 0 heterocycles. The number of hydrogen-bond acceptors (Lipinski definition) is 0. The molecule has 4 heteroatoms. The SMILES string of the molecule is CCc1cc(C2=Cc3ccccc3[CH]2[Zr]([CH3])(=[SiH2])([c]2ccccc2)[CH]2C(c3cc(CC)cc4ccc5ccccc5c34)=Cc3ccccc32)c2c(ccc3ccccc32)c1.Cl.Cl. The molecule has 0 N–H and O–H groups in total. The van der Waals surface area contributed by atoms with E-state index in [1.165, 1.54) is 98.7 Å². The summed E-state index contributed by atoms with van der Waals surface area (Å²) >= 11 is -4.69. The van der Waals surface area contributed by atoms with Crippen molar-refractivity contribution in [1.82, 2.24) is 0 Å². The van der Waals surface area contributed by atoms with E-state index in [-0.39, 0.29) is 32.1 Å². The molecule has 2 aliphatic carbocycles. The van der Waals surface area contributed by atoms with Gasteiger partial charge < -0.3 is 0 Å². The van der Waals surface area contributed by atoms with E-state index in [2.05, 4.69) is 213 Å². The second-order valence-electron chi connectivity index (χ2n) is 17.7. The topological polar surface area (TPSA) is 0 Å². The fourth-order valence-corrected chi connectivity index (χ4v) is 34.4.